The van der Waals surface area contributed by atoms with E-state index in [2.05, 4.69) is 32.6 Å². The van der Waals surface area contributed by atoms with E-state index >= 15 is 0 Å². The Bertz CT molecular complexity index is 191. The van der Waals surface area contributed by atoms with Crippen LogP contribution in [-0.2, 0) is 0 Å². The van der Waals surface area contributed by atoms with Gasteiger partial charge in [-0.2, -0.15) is 0 Å². The van der Waals surface area contributed by atoms with E-state index in [9.17, 15) is 0 Å². The molecule has 1 saturated heterocycles. The highest BCUT2D eigenvalue weighted by molar-refractivity contribution is 4.91. The number of nitrogens with zero attached hydrogens (tertiary/aromatic N) is 1. The predicted molar refractivity (Wildman–Crippen MR) is 67.0 cm³/mol. The Morgan fingerprint density at radius 1 is 1.27 bits per heavy atom. The quantitative estimate of drug-likeness (QED) is 0.776. The van der Waals surface area contributed by atoms with Crippen LogP contribution in [0, 0.1) is 5.41 Å². The van der Waals surface area contributed by atoms with Crippen LogP contribution in [0.25, 0.3) is 0 Å². The molecule has 2 nitrogen and oxygen atoms in total. The zero-order valence-electron chi connectivity index (χ0n) is 11.0. The molecule has 0 amide bonds. The minimum atomic E-state index is 0.241. The molecule has 0 spiro atoms. The smallest absolute Gasteiger partial charge is 0.0303 e. The first-order valence-electron chi connectivity index (χ1n) is 6.39. The van der Waals surface area contributed by atoms with Gasteiger partial charge in [-0.15, -0.1) is 0 Å². The van der Waals surface area contributed by atoms with Crippen LogP contribution in [0.5, 0.6) is 0 Å². The fourth-order valence-corrected chi connectivity index (χ4v) is 2.58. The van der Waals surface area contributed by atoms with Gasteiger partial charge in [0.05, 0.1) is 0 Å². The van der Waals surface area contributed by atoms with Gasteiger partial charge in [-0.3, -0.25) is 4.90 Å². The largest absolute Gasteiger partial charge is 0.329 e. The number of hydrogen-bond donors (Lipinski definition) is 1. The maximum Gasteiger partial charge on any atom is 0.0303 e. The molecule has 15 heavy (non-hydrogen) atoms. The van der Waals surface area contributed by atoms with Gasteiger partial charge in [-0.1, -0.05) is 27.2 Å². The van der Waals surface area contributed by atoms with E-state index in [1.165, 1.54) is 38.8 Å². The second kappa shape index (κ2) is 4.84. The van der Waals surface area contributed by atoms with Crippen molar-refractivity contribution < 1.29 is 0 Å². The van der Waals surface area contributed by atoms with Crippen molar-refractivity contribution in [3.8, 4) is 0 Å². The molecule has 2 N–H and O–H groups in total. The van der Waals surface area contributed by atoms with Gasteiger partial charge in [0, 0.05) is 12.1 Å². The third kappa shape index (κ3) is 3.18. The molecule has 0 aromatic rings. The summed E-state index contributed by atoms with van der Waals surface area (Å²) in [4.78, 5) is 2.61. The minimum Gasteiger partial charge on any atom is -0.329 e. The Morgan fingerprint density at radius 3 is 2.20 bits per heavy atom. The summed E-state index contributed by atoms with van der Waals surface area (Å²) in [6, 6.07) is 0. The average Bonchev–Trinajstić information content (AvgIpc) is 2.17. The van der Waals surface area contributed by atoms with Gasteiger partial charge in [0.25, 0.3) is 0 Å². The maximum atomic E-state index is 5.95. The van der Waals surface area contributed by atoms with Crippen molar-refractivity contribution >= 4 is 0 Å². The topological polar surface area (TPSA) is 29.3 Å². The van der Waals surface area contributed by atoms with E-state index in [1.807, 2.05) is 0 Å². The third-order valence-electron chi connectivity index (χ3n) is 4.11. The molecule has 0 aliphatic carbocycles. The molecule has 0 aromatic heterocycles. The van der Waals surface area contributed by atoms with Crippen molar-refractivity contribution in [1.29, 1.82) is 0 Å². The number of hydrogen-bond acceptors (Lipinski definition) is 2. The first-order chi connectivity index (χ1) is 6.93. The Kier molecular flexibility index (Phi) is 4.19. The van der Waals surface area contributed by atoms with Crippen molar-refractivity contribution in [1.82, 2.24) is 4.90 Å². The molecule has 0 bridgehead atoms. The zero-order chi connectivity index (χ0) is 11.5. The van der Waals surface area contributed by atoms with Gasteiger partial charge >= 0.3 is 0 Å². The summed E-state index contributed by atoms with van der Waals surface area (Å²) in [6.45, 7) is 12.6. The molecular formula is C13H28N2. The van der Waals surface area contributed by atoms with Crippen LogP contribution in [0.4, 0.5) is 0 Å². The molecule has 1 aliphatic heterocycles. The summed E-state index contributed by atoms with van der Waals surface area (Å²) < 4.78 is 0. The molecule has 0 radical (unpaired) electrons. The molecule has 1 fully saturated rings. The average molecular weight is 212 g/mol. The van der Waals surface area contributed by atoms with Crippen LogP contribution >= 0.6 is 0 Å². The van der Waals surface area contributed by atoms with Crippen molar-refractivity contribution in [2.45, 2.75) is 58.9 Å². The van der Waals surface area contributed by atoms with Gasteiger partial charge in [-0.05, 0) is 44.7 Å². The monoisotopic (exact) mass is 212 g/mol. The van der Waals surface area contributed by atoms with Crippen LogP contribution < -0.4 is 5.73 Å². The van der Waals surface area contributed by atoms with E-state index in [4.69, 9.17) is 5.73 Å². The van der Waals surface area contributed by atoms with Gasteiger partial charge in [0.15, 0.2) is 0 Å². The SMILES string of the molecule is CCCC(C)(CN)N1CCC(C)(C)CC1. The van der Waals surface area contributed by atoms with Crippen molar-refractivity contribution in [3.63, 3.8) is 0 Å². The van der Waals surface area contributed by atoms with Gasteiger partial charge < -0.3 is 5.73 Å². The highest BCUT2D eigenvalue weighted by atomic mass is 15.2. The zero-order valence-corrected chi connectivity index (χ0v) is 11.0. The van der Waals surface area contributed by atoms with Crippen LogP contribution in [0.2, 0.25) is 0 Å². The minimum absolute atomic E-state index is 0.241. The normalized spacial score (nSPS) is 26.2. The second-order valence-electron chi connectivity index (χ2n) is 6.10. The molecular weight excluding hydrogens is 184 g/mol. The molecule has 2 heteroatoms. The van der Waals surface area contributed by atoms with Crippen LogP contribution in [0.1, 0.15) is 53.4 Å². The Morgan fingerprint density at radius 2 is 1.80 bits per heavy atom. The van der Waals surface area contributed by atoms with Crippen LogP contribution in [-0.4, -0.2) is 30.1 Å². The molecule has 1 rings (SSSR count). The summed E-state index contributed by atoms with van der Waals surface area (Å²) in [5.41, 5.74) is 6.73. The lowest BCUT2D eigenvalue weighted by Crippen LogP contribution is -2.55. The highest BCUT2D eigenvalue weighted by Crippen LogP contribution is 2.33. The van der Waals surface area contributed by atoms with Crippen molar-refractivity contribution in [2.75, 3.05) is 19.6 Å². The molecule has 1 heterocycles. The van der Waals surface area contributed by atoms with E-state index in [1.54, 1.807) is 0 Å². The van der Waals surface area contributed by atoms with E-state index in [0.717, 1.165) is 6.54 Å². The van der Waals surface area contributed by atoms with Crippen LogP contribution in [0.3, 0.4) is 0 Å². The number of rotatable bonds is 4. The fourth-order valence-electron chi connectivity index (χ4n) is 2.58. The summed E-state index contributed by atoms with van der Waals surface area (Å²) >= 11 is 0. The number of piperidine rings is 1. The Labute approximate surface area is 95.2 Å². The lowest BCUT2D eigenvalue weighted by molar-refractivity contribution is 0.0374. The first-order valence-corrected chi connectivity index (χ1v) is 6.39. The summed E-state index contributed by atoms with van der Waals surface area (Å²) in [5.74, 6) is 0. The third-order valence-corrected chi connectivity index (χ3v) is 4.11. The second-order valence-corrected chi connectivity index (χ2v) is 6.10. The Balaban J connectivity index is 2.57. The van der Waals surface area contributed by atoms with Crippen LogP contribution in [0.15, 0.2) is 0 Å². The Hall–Kier alpha value is -0.0800. The van der Waals surface area contributed by atoms with Gasteiger partial charge in [0.1, 0.15) is 0 Å². The van der Waals surface area contributed by atoms with E-state index in [-0.39, 0.29) is 5.54 Å². The summed E-state index contributed by atoms with van der Waals surface area (Å²) in [5, 5.41) is 0. The van der Waals surface area contributed by atoms with Gasteiger partial charge in [-0.25, -0.2) is 0 Å². The molecule has 0 aromatic carbocycles. The van der Waals surface area contributed by atoms with Crippen molar-refractivity contribution in [3.05, 3.63) is 0 Å². The number of likely N-dealkylation sites (tertiary alicyclic amines) is 1. The summed E-state index contributed by atoms with van der Waals surface area (Å²) in [7, 11) is 0. The van der Waals surface area contributed by atoms with Gasteiger partial charge in [0.2, 0.25) is 0 Å². The summed E-state index contributed by atoms with van der Waals surface area (Å²) in [6.07, 6.45) is 5.08. The number of nitrogens with two attached hydrogens (primary N) is 1. The van der Waals surface area contributed by atoms with E-state index < -0.39 is 0 Å². The molecule has 90 valence electrons. The standard InChI is InChI=1S/C13H28N2/c1-5-6-13(4,11-14)15-9-7-12(2,3)8-10-15/h5-11,14H2,1-4H3. The maximum absolute atomic E-state index is 5.95. The first kappa shape index (κ1) is 13.0. The molecule has 1 aliphatic rings. The highest BCUT2D eigenvalue weighted by Gasteiger charge is 2.34. The molecule has 0 saturated carbocycles. The fraction of sp³-hybridized carbons (Fsp3) is 1.00. The van der Waals surface area contributed by atoms with E-state index in [0.29, 0.717) is 5.41 Å². The lowest BCUT2D eigenvalue weighted by Gasteiger charge is -2.47. The predicted octanol–water partition coefficient (Wildman–Crippen LogP) is 2.63. The van der Waals surface area contributed by atoms with Crippen molar-refractivity contribution in [2.24, 2.45) is 11.1 Å². The molecule has 1 atom stereocenters. The lowest BCUT2D eigenvalue weighted by atomic mass is 9.80. The molecule has 1 unspecified atom stereocenters.